The van der Waals surface area contributed by atoms with Gasteiger partial charge in [0.15, 0.2) is 0 Å². The van der Waals surface area contributed by atoms with E-state index in [2.05, 4.69) is 4.99 Å². The van der Waals surface area contributed by atoms with Crippen molar-refractivity contribution >= 4 is 17.6 Å². The molecule has 0 radical (unpaired) electrons. The number of rotatable bonds is 7. The SMILES string of the molecule is CC=Nc1cc(CCCCCCN)cc(O)c1N. The molecule has 1 rings (SSSR count). The van der Waals surface area contributed by atoms with Crippen LogP contribution in [0, 0.1) is 0 Å². The Kier molecular flexibility index (Phi) is 6.22. The van der Waals surface area contributed by atoms with Gasteiger partial charge in [0.25, 0.3) is 0 Å². The lowest BCUT2D eigenvalue weighted by Gasteiger charge is -2.07. The van der Waals surface area contributed by atoms with Gasteiger partial charge in [0.05, 0.1) is 11.4 Å². The quantitative estimate of drug-likeness (QED) is 0.300. The van der Waals surface area contributed by atoms with Crippen molar-refractivity contribution in [2.24, 2.45) is 10.7 Å². The number of hydrogen-bond acceptors (Lipinski definition) is 4. The van der Waals surface area contributed by atoms with Crippen molar-refractivity contribution in [3.63, 3.8) is 0 Å². The van der Waals surface area contributed by atoms with Crippen LogP contribution in [0.2, 0.25) is 0 Å². The summed E-state index contributed by atoms with van der Waals surface area (Å²) in [6.07, 6.45) is 7.12. The van der Waals surface area contributed by atoms with E-state index in [1.165, 1.54) is 0 Å². The molecule has 1 aromatic carbocycles. The van der Waals surface area contributed by atoms with Crippen LogP contribution in [0.4, 0.5) is 11.4 Å². The second-order valence-corrected chi connectivity index (χ2v) is 4.39. The van der Waals surface area contributed by atoms with Crippen LogP contribution in [0.15, 0.2) is 17.1 Å². The van der Waals surface area contributed by atoms with Crippen LogP contribution < -0.4 is 11.5 Å². The Morgan fingerprint density at radius 1 is 1.22 bits per heavy atom. The second kappa shape index (κ2) is 7.71. The minimum absolute atomic E-state index is 0.120. The van der Waals surface area contributed by atoms with Crippen molar-refractivity contribution in [3.05, 3.63) is 17.7 Å². The van der Waals surface area contributed by atoms with Gasteiger partial charge < -0.3 is 16.6 Å². The first kappa shape index (κ1) is 14.5. The van der Waals surface area contributed by atoms with Crippen molar-refractivity contribution in [1.82, 2.24) is 0 Å². The van der Waals surface area contributed by atoms with Crippen LogP contribution >= 0.6 is 0 Å². The predicted molar refractivity (Wildman–Crippen MR) is 77.6 cm³/mol. The van der Waals surface area contributed by atoms with E-state index in [1.807, 2.05) is 13.0 Å². The monoisotopic (exact) mass is 249 g/mol. The standard InChI is InChI=1S/C14H23N3O/c1-2-17-12-9-11(10-13(18)14(12)16)7-5-3-4-6-8-15/h2,9-10,18H,3-8,15-16H2,1H3. The van der Waals surface area contributed by atoms with E-state index >= 15 is 0 Å². The zero-order valence-electron chi connectivity index (χ0n) is 11.0. The molecule has 0 aliphatic heterocycles. The minimum Gasteiger partial charge on any atom is -0.506 e. The van der Waals surface area contributed by atoms with Gasteiger partial charge in [0.1, 0.15) is 5.75 Å². The number of phenolic OH excluding ortho intramolecular Hbond substituents is 1. The third-order valence-corrected chi connectivity index (χ3v) is 2.88. The van der Waals surface area contributed by atoms with Crippen LogP contribution in [-0.4, -0.2) is 17.9 Å². The fraction of sp³-hybridized carbons (Fsp3) is 0.500. The smallest absolute Gasteiger partial charge is 0.140 e. The van der Waals surface area contributed by atoms with Crippen LogP contribution in [0.1, 0.15) is 38.2 Å². The Balaban J connectivity index is 2.60. The number of phenols is 1. The van der Waals surface area contributed by atoms with Gasteiger partial charge in [-0.1, -0.05) is 12.8 Å². The first-order valence-corrected chi connectivity index (χ1v) is 6.49. The van der Waals surface area contributed by atoms with Crippen molar-refractivity contribution in [1.29, 1.82) is 0 Å². The Hall–Kier alpha value is -1.55. The summed E-state index contributed by atoms with van der Waals surface area (Å²) >= 11 is 0. The number of nitrogen functional groups attached to an aromatic ring is 1. The minimum atomic E-state index is 0.120. The molecular weight excluding hydrogens is 226 g/mol. The summed E-state index contributed by atoms with van der Waals surface area (Å²) in [5.41, 5.74) is 13.3. The molecule has 100 valence electrons. The topological polar surface area (TPSA) is 84.6 Å². The van der Waals surface area contributed by atoms with Crippen LogP contribution in [0.25, 0.3) is 0 Å². The molecule has 0 aromatic heterocycles. The van der Waals surface area contributed by atoms with Gasteiger partial charge in [-0.3, -0.25) is 4.99 Å². The Morgan fingerprint density at radius 3 is 2.61 bits per heavy atom. The first-order chi connectivity index (χ1) is 8.69. The number of benzene rings is 1. The van der Waals surface area contributed by atoms with Crippen molar-refractivity contribution in [2.45, 2.75) is 39.0 Å². The van der Waals surface area contributed by atoms with Gasteiger partial charge in [-0.25, -0.2) is 0 Å². The Morgan fingerprint density at radius 2 is 1.94 bits per heavy atom. The average molecular weight is 249 g/mol. The van der Waals surface area contributed by atoms with Gasteiger partial charge in [0, 0.05) is 6.21 Å². The summed E-state index contributed by atoms with van der Waals surface area (Å²) in [4.78, 5) is 4.16. The van der Waals surface area contributed by atoms with Crippen molar-refractivity contribution in [2.75, 3.05) is 12.3 Å². The van der Waals surface area contributed by atoms with E-state index in [1.54, 1.807) is 12.3 Å². The van der Waals surface area contributed by atoms with Gasteiger partial charge in [-0.2, -0.15) is 0 Å². The highest BCUT2D eigenvalue weighted by Crippen LogP contribution is 2.33. The lowest BCUT2D eigenvalue weighted by Crippen LogP contribution is -1.98. The largest absolute Gasteiger partial charge is 0.506 e. The molecule has 0 atom stereocenters. The Labute approximate surface area is 109 Å². The summed E-state index contributed by atoms with van der Waals surface area (Å²) in [6, 6.07) is 3.67. The van der Waals surface area contributed by atoms with Crippen LogP contribution in [0.3, 0.4) is 0 Å². The molecule has 0 amide bonds. The van der Waals surface area contributed by atoms with Crippen LogP contribution in [0.5, 0.6) is 5.75 Å². The maximum absolute atomic E-state index is 9.73. The second-order valence-electron chi connectivity index (χ2n) is 4.39. The fourth-order valence-electron chi connectivity index (χ4n) is 1.90. The molecule has 0 heterocycles. The summed E-state index contributed by atoms with van der Waals surface area (Å²) in [6.45, 7) is 2.59. The molecule has 0 unspecified atom stereocenters. The number of aryl methyl sites for hydroxylation is 1. The zero-order chi connectivity index (χ0) is 13.4. The number of hydrogen-bond donors (Lipinski definition) is 3. The number of aliphatic imine (C=N–C) groups is 1. The maximum Gasteiger partial charge on any atom is 0.140 e. The molecule has 4 nitrogen and oxygen atoms in total. The van der Waals surface area contributed by atoms with E-state index < -0.39 is 0 Å². The molecular formula is C14H23N3O. The Bertz CT molecular complexity index is 402. The van der Waals surface area contributed by atoms with Crippen molar-refractivity contribution < 1.29 is 5.11 Å². The lowest BCUT2D eigenvalue weighted by atomic mass is 10.0. The first-order valence-electron chi connectivity index (χ1n) is 6.49. The summed E-state index contributed by atoms with van der Waals surface area (Å²) < 4.78 is 0. The average Bonchev–Trinajstić information content (AvgIpc) is 2.35. The van der Waals surface area contributed by atoms with Gasteiger partial charge in [0.2, 0.25) is 0 Å². The molecule has 0 bridgehead atoms. The molecule has 0 spiro atoms. The van der Waals surface area contributed by atoms with Crippen LogP contribution in [-0.2, 0) is 6.42 Å². The molecule has 1 aromatic rings. The van der Waals surface area contributed by atoms with Crippen molar-refractivity contribution in [3.8, 4) is 5.75 Å². The highest BCUT2D eigenvalue weighted by Gasteiger charge is 2.06. The maximum atomic E-state index is 9.73. The van der Waals surface area contributed by atoms with E-state index in [4.69, 9.17) is 11.5 Å². The van der Waals surface area contributed by atoms with E-state index in [9.17, 15) is 5.11 Å². The van der Waals surface area contributed by atoms with E-state index in [0.717, 1.165) is 44.2 Å². The van der Waals surface area contributed by atoms with Gasteiger partial charge >= 0.3 is 0 Å². The highest BCUT2D eigenvalue weighted by molar-refractivity contribution is 5.75. The van der Waals surface area contributed by atoms with Gasteiger partial charge in [-0.15, -0.1) is 0 Å². The summed E-state index contributed by atoms with van der Waals surface area (Å²) in [5, 5.41) is 9.73. The lowest BCUT2D eigenvalue weighted by molar-refractivity contribution is 0.477. The molecule has 0 saturated heterocycles. The molecule has 18 heavy (non-hydrogen) atoms. The predicted octanol–water partition coefficient (Wildman–Crippen LogP) is 2.76. The number of anilines is 1. The summed E-state index contributed by atoms with van der Waals surface area (Å²) in [5.74, 6) is 0.120. The number of nitrogens with zero attached hydrogens (tertiary/aromatic N) is 1. The van der Waals surface area contributed by atoms with E-state index in [-0.39, 0.29) is 5.75 Å². The molecule has 4 heteroatoms. The fourth-order valence-corrected chi connectivity index (χ4v) is 1.90. The van der Waals surface area contributed by atoms with Gasteiger partial charge in [-0.05, 0) is 50.4 Å². The number of nitrogens with two attached hydrogens (primary N) is 2. The van der Waals surface area contributed by atoms with E-state index in [0.29, 0.717) is 11.4 Å². The molecule has 0 aliphatic carbocycles. The molecule has 0 fully saturated rings. The normalized spacial score (nSPS) is 11.2. The third kappa shape index (κ3) is 4.37. The molecule has 5 N–H and O–H groups in total. The molecule has 0 aliphatic rings. The zero-order valence-corrected chi connectivity index (χ0v) is 11.0. The third-order valence-electron chi connectivity index (χ3n) is 2.88. The number of unbranched alkanes of at least 4 members (excludes halogenated alkanes) is 3. The number of aromatic hydroxyl groups is 1. The summed E-state index contributed by atoms with van der Waals surface area (Å²) in [7, 11) is 0. The molecule has 0 saturated carbocycles. The highest BCUT2D eigenvalue weighted by atomic mass is 16.3.